The van der Waals surface area contributed by atoms with Crippen molar-refractivity contribution in [2.45, 2.75) is 50.0 Å². The monoisotopic (exact) mass is 477 g/mol. The van der Waals surface area contributed by atoms with Gasteiger partial charge in [-0.2, -0.15) is 4.98 Å². The molecule has 8 nitrogen and oxygen atoms in total. The van der Waals surface area contributed by atoms with Gasteiger partial charge in [0.25, 0.3) is 0 Å². The molecular formula is C22H24ClN3O5S. The van der Waals surface area contributed by atoms with Crippen LogP contribution < -0.4 is 10.1 Å². The van der Waals surface area contributed by atoms with Gasteiger partial charge in [0.15, 0.2) is 15.7 Å². The molecule has 0 radical (unpaired) electrons. The number of ether oxygens (including phenoxy) is 1. The number of halogens is 1. The summed E-state index contributed by atoms with van der Waals surface area (Å²) in [7, 11) is -3.63. The van der Waals surface area contributed by atoms with Gasteiger partial charge in [0.1, 0.15) is 11.5 Å². The molecule has 0 aliphatic rings. The van der Waals surface area contributed by atoms with Gasteiger partial charge in [-0.3, -0.25) is 4.79 Å². The van der Waals surface area contributed by atoms with Gasteiger partial charge in [-0.05, 0) is 55.8 Å². The van der Waals surface area contributed by atoms with Crippen LogP contribution in [0.5, 0.6) is 5.75 Å². The van der Waals surface area contributed by atoms with Gasteiger partial charge in [0.2, 0.25) is 11.8 Å². The Labute approximate surface area is 191 Å². The van der Waals surface area contributed by atoms with Crippen molar-refractivity contribution in [3.63, 3.8) is 0 Å². The van der Waals surface area contributed by atoms with Crippen molar-refractivity contribution < 1.29 is 22.5 Å². The molecule has 2 aromatic carbocycles. The second kappa shape index (κ2) is 10.6. The lowest BCUT2D eigenvalue weighted by Crippen LogP contribution is -2.23. The summed E-state index contributed by atoms with van der Waals surface area (Å²) in [5.41, 5.74) is 0.946. The summed E-state index contributed by atoms with van der Waals surface area (Å²) in [6.45, 7) is 4.30. The molecule has 0 spiro atoms. The van der Waals surface area contributed by atoms with E-state index in [2.05, 4.69) is 15.5 Å². The predicted molar refractivity (Wildman–Crippen MR) is 119 cm³/mol. The first kappa shape index (κ1) is 23.7. The summed E-state index contributed by atoms with van der Waals surface area (Å²) in [6.07, 6.45) is 0.449. The van der Waals surface area contributed by atoms with Crippen LogP contribution >= 0.6 is 11.6 Å². The maximum absolute atomic E-state index is 12.4. The summed E-state index contributed by atoms with van der Waals surface area (Å²) < 4.78 is 35.6. The lowest BCUT2D eigenvalue weighted by atomic mass is 10.2. The number of amides is 1. The lowest BCUT2D eigenvalue weighted by molar-refractivity contribution is -0.121. The minimum Gasteiger partial charge on any atom is -0.491 e. The Morgan fingerprint density at radius 1 is 1.12 bits per heavy atom. The highest BCUT2D eigenvalue weighted by molar-refractivity contribution is 7.90. The molecule has 0 bridgehead atoms. The number of rotatable bonds is 10. The van der Waals surface area contributed by atoms with E-state index in [-0.39, 0.29) is 41.5 Å². The Balaban J connectivity index is 1.46. The molecule has 3 aromatic rings. The zero-order valence-electron chi connectivity index (χ0n) is 17.7. The summed E-state index contributed by atoms with van der Waals surface area (Å²) in [5, 5.41) is 6.98. The van der Waals surface area contributed by atoms with Crippen molar-refractivity contribution in [3.8, 4) is 5.75 Å². The van der Waals surface area contributed by atoms with E-state index >= 15 is 0 Å². The highest BCUT2D eigenvalue weighted by atomic mass is 35.5. The van der Waals surface area contributed by atoms with Crippen molar-refractivity contribution in [1.82, 2.24) is 15.5 Å². The van der Waals surface area contributed by atoms with Crippen molar-refractivity contribution in [2.75, 3.05) is 0 Å². The Kier molecular flexibility index (Phi) is 7.87. The molecule has 1 amide bonds. The molecule has 0 fully saturated rings. The highest BCUT2D eigenvalue weighted by Gasteiger charge is 2.19. The van der Waals surface area contributed by atoms with Gasteiger partial charge < -0.3 is 14.6 Å². The molecule has 170 valence electrons. The third kappa shape index (κ3) is 7.06. The van der Waals surface area contributed by atoms with E-state index in [4.69, 9.17) is 20.9 Å². The molecule has 3 rings (SSSR count). The molecule has 1 heterocycles. The number of nitrogens with one attached hydrogen (secondary N) is 1. The number of benzene rings is 2. The minimum absolute atomic E-state index is 0.0408. The SMILES string of the molecule is CC(C)Oc1ccc(CNC(=O)CCc2nc(CS(=O)(=O)c3ccc(Cl)cc3)no2)cc1. The second-order valence-corrected chi connectivity index (χ2v) is 9.83. The minimum atomic E-state index is -3.63. The van der Waals surface area contributed by atoms with Crippen molar-refractivity contribution >= 4 is 27.3 Å². The molecule has 1 aromatic heterocycles. The number of hydrogen-bond donors (Lipinski definition) is 1. The van der Waals surface area contributed by atoms with Crippen LogP contribution in [0, 0.1) is 0 Å². The zero-order chi connectivity index (χ0) is 23.1. The average Bonchev–Trinajstić information content (AvgIpc) is 3.18. The van der Waals surface area contributed by atoms with E-state index in [0.29, 0.717) is 11.6 Å². The first-order valence-electron chi connectivity index (χ1n) is 10.0. The highest BCUT2D eigenvalue weighted by Crippen LogP contribution is 2.18. The Morgan fingerprint density at radius 3 is 2.47 bits per heavy atom. The predicted octanol–water partition coefficient (Wildman–Crippen LogP) is 3.73. The first-order valence-corrected chi connectivity index (χ1v) is 12.1. The van der Waals surface area contributed by atoms with E-state index in [1.54, 1.807) is 0 Å². The zero-order valence-corrected chi connectivity index (χ0v) is 19.3. The van der Waals surface area contributed by atoms with Crippen molar-refractivity contribution in [3.05, 3.63) is 70.8 Å². The van der Waals surface area contributed by atoms with Crippen molar-refractivity contribution in [2.24, 2.45) is 0 Å². The molecule has 0 aliphatic carbocycles. The first-order chi connectivity index (χ1) is 15.2. The molecule has 32 heavy (non-hydrogen) atoms. The summed E-state index contributed by atoms with van der Waals surface area (Å²) >= 11 is 5.79. The summed E-state index contributed by atoms with van der Waals surface area (Å²) in [4.78, 5) is 16.3. The van der Waals surface area contributed by atoms with Gasteiger partial charge in [-0.15, -0.1) is 0 Å². The average molecular weight is 478 g/mol. The van der Waals surface area contributed by atoms with Crippen LogP contribution in [0.2, 0.25) is 5.02 Å². The quantitative estimate of drug-likeness (QED) is 0.473. The number of carbonyl (C=O) groups excluding carboxylic acids is 1. The third-order valence-corrected chi connectivity index (χ3v) is 6.23. The van der Waals surface area contributed by atoms with Gasteiger partial charge in [0.05, 0.1) is 11.0 Å². The Bertz CT molecular complexity index is 1140. The Hall–Kier alpha value is -2.91. The number of nitrogens with zero attached hydrogens (tertiary/aromatic N) is 2. The molecule has 1 N–H and O–H groups in total. The van der Waals surface area contributed by atoms with Crippen LogP contribution in [0.1, 0.15) is 37.5 Å². The molecule has 0 aliphatic heterocycles. The molecule has 0 unspecified atom stereocenters. The number of carbonyl (C=O) groups is 1. The van der Waals surface area contributed by atoms with Gasteiger partial charge in [-0.1, -0.05) is 28.9 Å². The molecule has 0 saturated heterocycles. The van der Waals surface area contributed by atoms with Crippen molar-refractivity contribution in [1.29, 1.82) is 0 Å². The largest absolute Gasteiger partial charge is 0.491 e. The van der Waals surface area contributed by atoms with Crippen LogP contribution in [0.4, 0.5) is 0 Å². The van der Waals surface area contributed by atoms with E-state index in [1.165, 1.54) is 24.3 Å². The maximum atomic E-state index is 12.4. The van der Waals surface area contributed by atoms with Gasteiger partial charge >= 0.3 is 0 Å². The second-order valence-electron chi connectivity index (χ2n) is 7.40. The van der Waals surface area contributed by atoms with Crippen LogP contribution in [0.25, 0.3) is 0 Å². The maximum Gasteiger partial charge on any atom is 0.227 e. The topological polar surface area (TPSA) is 111 Å². The molecule has 10 heteroatoms. The fraction of sp³-hybridized carbons (Fsp3) is 0.318. The van der Waals surface area contributed by atoms with Gasteiger partial charge in [-0.25, -0.2) is 8.42 Å². The van der Waals surface area contributed by atoms with Crippen LogP contribution in [0.3, 0.4) is 0 Å². The fourth-order valence-corrected chi connectivity index (χ4v) is 4.11. The van der Waals surface area contributed by atoms with Crippen LogP contribution in [-0.2, 0) is 33.4 Å². The van der Waals surface area contributed by atoms with Crippen LogP contribution in [-0.4, -0.2) is 30.6 Å². The fourth-order valence-electron chi connectivity index (χ4n) is 2.81. The van der Waals surface area contributed by atoms with E-state index in [9.17, 15) is 13.2 Å². The molecular weight excluding hydrogens is 454 g/mol. The molecule has 0 atom stereocenters. The molecule has 0 saturated carbocycles. The van der Waals surface area contributed by atoms with Crippen LogP contribution in [0.15, 0.2) is 57.9 Å². The normalized spacial score (nSPS) is 11.5. The summed E-state index contributed by atoms with van der Waals surface area (Å²) in [6, 6.07) is 13.4. The standard InChI is InChI=1S/C22H24ClN3O5S/c1-15(2)30-18-7-3-16(4-8-18)13-24-21(27)11-12-22-25-20(26-31-22)14-32(28,29)19-9-5-17(23)6-10-19/h3-10,15H,11-14H2,1-2H3,(H,24,27). The number of hydrogen-bond acceptors (Lipinski definition) is 7. The summed E-state index contributed by atoms with van der Waals surface area (Å²) in [5.74, 6) is 0.443. The van der Waals surface area contributed by atoms with Gasteiger partial charge in [0, 0.05) is 24.4 Å². The van der Waals surface area contributed by atoms with E-state index in [0.717, 1.165) is 11.3 Å². The third-order valence-electron chi connectivity index (χ3n) is 4.35. The smallest absolute Gasteiger partial charge is 0.227 e. The number of sulfone groups is 1. The van der Waals surface area contributed by atoms with E-state index in [1.807, 2.05) is 38.1 Å². The lowest BCUT2D eigenvalue weighted by Gasteiger charge is -2.10. The number of aryl methyl sites for hydroxylation is 1. The van der Waals surface area contributed by atoms with E-state index < -0.39 is 15.6 Å². The Morgan fingerprint density at radius 2 is 1.81 bits per heavy atom. The number of aromatic nitrogens is 2.